The molecule has 1 aromatic carbocycles. The van der Waals surface area contributed by atoms with Gasteiger partial charge in [-0.1, -0.05) is 29.8 Å². The maximum Gasteiger partial charge on any atom is 0.215 e. The topological polar surface area (TPSA) is 73.8 Å². The molecule has 0 atom stereocenters. The summed E-state index contributed by atoms with van der Waals surface area (Å²) in [5.41, 5.74) is 1.07. The van der Waals surface area contributed by atoms with E-state index >= 15 is 0 Å². The molecule has 1 aromatic rings. The van der Waals surface area contributed by atoms with Crippen LogP contribution in [0.4, 0.5) is 0 Å². The van der Waals surface area contributed by atoms with E-state index in [0.717, 1.165) is 28.5 Å². The van der Waals surface area contributed by atoms with Crippen molar-refractivity contribution >= 4 is 63.3 Å². The number of nitrogens with one attached hydrogen (secondary N) is 2. The van der Waals surface area contributed by atoms with E-state index in [1.54, 1.807) is 23.1 Å². The fourth-order valence-corrected chi connectivity index (χ4v) is 5.21. The first kappa shape index (κ1) is 23.8. The Hall–Kier alpha value is -0.230. The lowest BCUT2D eigenvalue weighted by atomic mass is 10.1. The number of aliphatic imine (C=N–C) groups is 1. The normalized spacial score (nSPS) is 16.0. The van der Waals surface area contributed by atoms with Crippen molar-refractivity contribution in [2.45, 2.75) is 6.42 Å². The summed E-state index contributed by atoms with van der Waals surface area (Å²) >= 11 is 7.93. The fourth-order valence-electron chi connectivity index (χ4n) is 2.49. The molecular weight excluding hydrogens is 507 g/mol. The van der Waals surface area contributed by atoms with Crippen LogP contribution in [0.3, 0.4) is 0 Å². The summed E-state index contributed by atoms with van der Waals surface area (Å²) in [6.07, 6.45) is 0.768. The molecule has 1 fully saturated rings. The molecule has 1 heterocycles. The quantitative estimate of drug-likeness (QED) is 0.319. The highest BCUT2D eigenvalue weighted by molar-refractivity contribution is 14.0. The van der Waals surface area contributed by atoms with Gasteiger partial charge in [-0.05, 0) is 18.1 Å². The molecule has 6 nitrogen and oxygen atoms in total. The molecule has 148 valence electrons. The van der Waals surface area contributed by atoms with Crippen molar-refractivity contribution < 1.29 is 8.42 Å². The van der Waals surface area contributed by atoms with Crippen LogP contribution in [-0.4, -0.2) is 69.2 Å². The maximum atomic E-state index is 12.3. The van der Waals surface area contributed by atoms with Crippen molar-refractivity contribution in [1.82, 2.24) is 14.9 Å². The van der Waals surface area contributed by atoms with E-state index in [1.807, 2.05) is 24.3 Å². The molecule has 10 heteroatoms. The fraction of sp³-hybridized carbons (Fsp3) is 0.562. The van der Waals surface area contributed by atoms with E-state index in [2.05, 4.69) is 15.6 Å². The molecule has 0 spiro atoms. The Labute approximate surface area is 182 Å². The third-order valence-electron chi connectivity index (χ3n) is 3.88. The van der Waals surface area contributed by atoms with Gasteiger partial charge < -0.3 is 10.6 Å². The SMILES string of the molecule is CN=C(NCCc1ccccc1Cl)NCCS(=O)(=O)N1CCSCC1.I. The van der Waals surface area contributed by atoms with Crippen LogP contribution in [-0.2, 0) is 16.4 Å². The Balaban J connectivity index is 0.00000338. The average molecular weight is 533 g/mol. The van der Waals surface area contributed by atoms with Gasteiger partial charge in [-0.3, -0.25) is 4.99 Å². The van der Waals surface area contributed by atoms with Crippen LogP contribution in [0.5, 0.6) is 0 Å². The predicted octanol–water partition coefficient (Wildman–Crippen LogP) is 2.04. The second-order valence-corrected chi connectivity index (χ2v) is 9.32. The first-order valence-electron chi connectivity index (χ1n) is 8.26. The van der Waals surface area contributed by atoms with Crippen LogP contribution >= 0.6 is 47.3 Å². The van der Waals surface area contributed by atoms with Crippen LogP contribution in [0.25, 0.3) is 0 Å². The van der Waals surface area contributed by atoms with Gasteiger partial charge in [0.15, 0.2) is 5.96 Å². The molecule has 2 N–H and O–H groups in total. The van der Waals surface area contributed by atoms with Gasteiger partial charge in [0.2, 0.25) is 10.0 Å². The van der Waals surface area contributed by atoms with E-state index in [4.69, 9.17) is 11.6 Å². The summed E-state index contributed by atoms with van der Waals surface area (Å²) in [7, 11) is -1.53. The number of halogens is 2. The molecule has 0 unspecified atom stereocenters. The van der Waals surface area contributed by atoms with Crippen LogP contribution in [0.15, 0.2) is 29.3 Å². The minimum atomic E-state index is -3.20. The molecule has 0 aromatic heterocycles. The molecule has 26 heavy (non-hydrogen) atoms. The van der Waals surface area contributed by atoms with Crippen LogP contribution in [0, 0.1) is 0 Å². The zero-order valence-electron chi connectivity index (χ0n) is 14.8. The number of guanidine groups is 1. The average Bonchev–Trinajstić information content (AvgIpc) is 2.62. The van der Waals surface area contributed by atoms with E-state index in [9.17, 15) is 8.42 Å². The zero-order valence-corrected chi connectivity index (χ0v) is 19.5. The number of hydrogen-bond acceptors (Lipinski definition) is 4. The smallest absolute Gasteiger partial charge is 0.215 e. The molecule has 0 radical (unpaired) electrons. The summed E-state index contributed by atoms with van der Waals surface area (Å²) in [6, 6.07) is 7.72. The molecule has 1 aliphatic rings. The number of hydrogen-bond donors (Lipinski definition) is 2. The molecule has 2 rings (SSSR count). The Kier molecular flexibility index (Phi) is 11.2. The van der Waals surface area contributed by atoms with Crippen LogP contribution < -0.4 is 10.6 Å². The van der Waals surface area contributed by atoms with E-state index < -0.39 is 10.0 Å². The van der Waals surface area contributed by atoms with Gasteiger partial charge in [-0.2, -0.15) is 11.8 Å². The van der Waals surface area contributed by atoms with Crippen molar-refractivity contribution in [3.05, 3.63) is 34.9 Å². The van der Waals surface area contributed by atoms with Crippen molar-refractivity contribution in [1.29, 1.82) is 0 Å². The Morgan fingerprint density at radius 3 is 2.54 bits per heavy atom. The third-order valence-corrected chi connectivity index (χ3v) is 7.07. The molecule has 0 aliphatic carbocycles. The molecule has 1 aliphatic heterocycles. The summed E-state index contributed by atoms with van der Waals surface area (Å²) in [5.74, 6) is 2.41. The third kappa shape index (κ3) is 7.79. The van der Waals surface area contributed by atoms with Gasteiger partial charge in [0, 0.05) is 49.8 Å². The second kappa shape index (κ2) is 12.3. The summed E-state index contributed by atoms with van der Waals surface area (Å²) < 4.78 is 26.2. The summed E-state index contributed by atoms with van der Waals surface area (Å²) in [4.78, 5) is 4.12. The minimum absolute atomic E-state index is 0. The van der Waals surface area contributed by atoms with Crippen molar-refractivity contribution in [2.24, 2.45) is 4.99 Å². The van der Waals surface area contributed by atoms with Gasteiger partial charge in [-0.25, -0.2) is 12.7 Å². The Morgan fingerprint density at radius 1 is 1.23 bits per heavy atom. The molecule has 0 amide bonds. The van der Waals surface area contributed by atoms with Crippen molar-refractivity contribution in [2.75, 3.05) is 50.5 Å². The lowest BCUT2D eigenvalue weighted by Gasteiger charge is -2.25. The number of benzene rings is 1. The first-order valence-corrected chi connectivity index (χ1v) is 11.4. The van der Waals surface area contributed by atoms with Crippen molar-refractivity contribution in [3.8, 4) is 0 Å². The molecular formula is C16H26ClIN4O2S2. The summed E-state index contributed by atoms with van der Waals surface area (Å²) in [6.45, 7) is 2.22. The predicted molar refractivity (Wildman–Crippen MR) is 123 cm³/mol. The van der Waals surface area contributed by atoms with Crippen LogP contribution in [0.1, 0.15) is 5.56 Å². The highest BCUT2D eigenvalue weighted by atomic mass is 127. The Bertz CT molecular complexity index is 683. The standard InChI is InChI=1S/C16H25ClN4O2S2.HI/c1-18-16(19-7-6-14-4-2-3-5-15(14)17)20-8-13-25(22,23)21-9-11-24-12-10-21;/h2-5H,6-13H2,1H3,(H2,18,19,20);1H. The lowest BCUT2D eigenvalue weighted by Crippen LogP contribution is -2.44. The highest BCUT2D eigenvalue weighted by Crippen LogP contribution is 2.15. The van der Waals surface area contributed by atoms with Gasteiger partial charge in [-0.15, -0.1) is 24.0 Å². The van der Waals surface area contributed by atoms with Gasteiger partial charge in [0.25, 0.3) is 0 Å². The minimum Gasteiger partial charge on any atom is -0.356 e. The number of nitrogens with zero attached hydrogens (tertiary/aromatic N) is 2. The second-order valence-electron chi connectivity index (χ2n) is 5.59. The molecule has 0 bridgehead atoms. The van der Waals surface area contributed by atoms with Crippen LogP contribution in [0.2, 0.25) is 5.02 Å². The van der Waals surface area contributed by atoms with E-state index in [1.165, 1.54) is 0 Å². The van der Waals surface area contributed by atoms with Crippen molar-refractivity contribution in [3.63, 3.8) is 0 Å². The Morgan fingerprint density at radius 2 is 1.88 bits per heavy atom. The van der Waals surface area contributed by atoms with Gasteiger partial charge in [0.1, 0.15) is 0 Å². The van der Waals surface area contributed by atoms with Gasteiger partial charge in [0.05, 0.1) is 5.75 Å². The first-order chi connectivity index (χ1) is 12.0. The van der Waals surface area contributed by atoms with E-state index in [0.29, 0.717) is 32.1 Å². The van der Waals surface area contributed by atoms with E-state index in [-0.39, 0.29) is 29.7 Å². The zero-order chi connectivity index (χ0) is 18.1. The number of rotatable bonds is 7. The number of sulfonamides is 1. The van der Waals surface area contributed by atoms with Gasteiger partial charge >= 0.3 is 0 Å². The molecule has 1 saturated heterocycles. The highest BCUT2D eigenvalue weighted by Gasteiger charge is 2.23. The number of thioether (sulfide) groups is 1. The lowest BCUT2D eigenvalue weighted by molar-refractivity contribution is 0.443. The summed E-state index contributed by atoms with van der Waals surface area (Å²) in [5, 5.41) is 6.99. The molecule has 0 saturated carbocycles. The largest absolute Gasteiger partial charge is 0.356 e. The maximum absolute atomic E-state index is 12.3. The monoisotopic (exact) mass is 532 g/mol.